The fourth-order valence-corrected chi connectivity index (χ4v) is 1.80. The number of esters is 1. The largest absolute Gasteiger partial charge is 0.461 e. The average Bonchev–Trinajstić information content (AvgIpc) is 3.05. The number of aromatic nitrogens is 1. The van der Waals surface area contributed by atoms with E-state index >= 15 is 0 Å². The van der Waals surface area contributed by atoms with Gasteiger partial charge in [-0.2, -0.15) is 8.78 Å². The van der Waals surface area contributed by atoms with Crippen molar-refractivity contribution in [3.8, 4) is 0 Å². The Morgan fingerprint density at radius 2 is 2.21 bits per heavy atom. The molecule has 1 fully saturated rings. The first-order chi connectivity index (χ1) is 9.08. The summed E-state index contributed by atoms with van der Waals surface area (Å²) in [6.45, 7) is 2.14. The summed E-state index contributed by atoms with van der Waals surface area (Å²) in [4.78, 5) is 11.8. The standard InChI is InChI=1S/C14H17F2NO2/c1-10(13(15)16)6-8-19-14(18)12-3-2-7-17(12)9-11-4-5-11/h2-3,7,11H,4-6,8-9H2,1H3. The predicted octanol–water partition coefficient (Wildman–Crippen LogP) is 3.62. The third-order valence-electron chi connectivity index (χ3n) is 3.22. The van der Waals surface area contributed by atoms with Gasteiger partial charge in [-0.25, -0.2) is 4.79 Å². The van der Waals surface area contributed by atoms with E-state index in [1.54, 1.807) is 12.1 Å². The molecule has 0 atom stereocenters. The molecular weight excluding hydrogens is 252 g/mol. The summed E-state index contributed by atoms with van der Waals surface area (Å²) in [5, 5.41) is 0. The summed E-state index contributed by atoms with van der Waals surface area (Å²) in [6, 6.07) is 3.49. The van der Waals surface area contributed by atoms with E-state index in [1.165, 1.54) is 19.8 Å². The van der Waals surface area contributed by atoms with Gasteiger partial charge in [0, 0.05) is 19.2 Å². The molecule has 0 radical (unpaired) electrons. The molecule has 0 unspecified atom stereocenters. The van der Waals surface area contributed by atoms with Crippen molar-refractivity contribution in [3.63, 3.8) is 0 Å². The molecule has 104 valence electrons. The van der Waals surface area contributed by atoms with E-state index < -0.39 is 12.0 Å². The lowest BCUT2D eigenvalue weighted by Crippen LogP contribution is -2.13. The minimum absolute atomic E-state index is 0.0172. The molecule has 0 N–H and O–H groups in total. The molecule has 5 heteroatoms. The van der Waals surface area contributed by atoms with E-state index in [1.807, 2.05) is 10.8 Å². The van der Waals surface area contributed by atoms with E-state index in [0.29, 0.717) is 11.6 Å². The van der Waals surface area contributed by atoms with E-state index in [-0.39, 0.29) is 18.6 Å². The Hall–Kier alpha value is -1.65. The molecule has 0 aliphatic heterocycles. The third-order valence-corrected chi connectivity index (χ3v) is 3.22. The number of ether oxygens (including phenoxy) is 1. The Kier molecular flexibility index (Phi) is 4.35. The smallest absolute Gasteiger partial charge is 0.354 e. The van der Waals surface area contributed by atoms with Crippen LogP contribution in [-0.4, -0.2) is 17.1 Å². The first-order valence-corrected chi connectivity index (χ1v) is 6.41. The number of nitrogens with zero attached hydrogens (tertiary/aromatic N) is 1. The van der Waals surface area contributed by atoms with Gasteiger partial charge in [0.15, 0.2) is 0 Å². The molecule has 0 spiro atoms. The molecule has 1 heterocycles. The van der Waals surface area contributed by atoms with Crippen LogP contribution in [-0.2, 0) is 11.3 Å². The van der Waals surface area contributed by atoms with Gasteiger partial charge < -0.3 is 9.30 Å². The summed E-state index contributed by atoms with van der Waals surface area (Å²) >= 11 is 0. The second-order valence-electron chi connectivity index (χ2n) is 4.92. The zero-order valence-electron chi connectivity index (χ0n) is 10.9. The lowest BCUT2D eigenvalue weighted by Gasteiger charge is -2.08. The highest BCUT2D eigenvalue weighted by Crippen LogP contribution is 2.31. The molecule has 3 nitrogen and oxygen atoms in total. The van der Waals surface area contributed by atoms with Gasteiger partial charge in [0.1, 0.15) is 5.69 Å². The number of hydrogen-bond donors (Lipinski definition) is 0. The molecule has 0 bridgehead atoms. The molecule has 0 aromatic carbocycles. The van der Waals surface area contributed by atoms with Crippen molar-refractivity contribution < 1.29 is 18.3 Å². The van der Waals surface area contributed by atoms with Crippen LogP contribution >= 0.6 is 0 Å². The molecule has 0 saturated heterocycles. The van der Waals surface area contributed by atoms with Crippen molar-refractivity contribution in [2.45, 2.75) is 32.7 Å². The van der Waals surface area contributed by atoms with Crippen LogP contribution in [0.1, 0.15) is 36.7 Å². The summed E-state index contributed by atoms with van der Waals surface area (Å²) in [5.74, 6) is 0.211. The van der Waals surface area contributed by atoms with Gasteiger partial charge in [0.05, 0.1) is 6.61 Å². The first-order valence-electron chi connectivity index (χ1n) is 6.41. The molecule has 1 aliphatic carbocycles. The number of hydrogen-bond acceptors (Lipinski definition) is 2. The number of halogens is 2. The minimum Gasteiger partial charge on any atom is -0.461 e. The molecule has 1 aromatic rings. The van der Waals surface area contributed by atoms with Crippen molar-refractivity contribution in [1.82, 2.24) is 4.57 Å². The normalized spacial score (nSPS) is 14.3. The Balaban J connectivity index is 1.85. The van der Waals surface area contributed by atoms with Crippen molar-refractivity contribution in [3.05, 3.63) is 35.7 Å². The zero-order valence-corrected chi connectivity index (χ0v) is 10.9. The Morgan fingerprint density at radius 3 is 2.84 bits per heavy atom. The van der Waals surface area contributed by atoms with Gasteiger partial charge in [-0.3, -0.25) is 0 Å². The fraction of sp³-hybridized carbons (Fsp3) is 0.500. The van der Waals surface area contributed by atoms with Crippen molar-refractivity contribution >= 4 is 5.97 Å². The lowest BCUT2D eigenvalue weighted by atomic mass is 10.2. The van der Waals surface area contributed by atoms with E-state index in [2.05, 4.69) is 0 Å². The van der Waals surface area contributed by atoms with Crippen molar-refractivity contribution in [2.75, 3.05) is 6.61 Å². The second-order valence-corrected chi connectivity index (χ2v) is 4.92. The Bertz CT molecular complexity index is 485. The van der Waals surface area contributed by atoms with E-state index in [4.69, 9.17) is 4.74 Å². The molecule has 19 heavy (non-hydrogen) atoms. The molecule has 0 amide bonds. The van der Waals surface area contributed by atoms with Crippen LogP contribution < -0.4 is 0 Å². The number of carbonyl (C=O) groups is 1. The maximum absolute atomic E-state index is 12.2. The Labute approximate surface area is 110 Å². The quantitative estimate of drug-likeness (QED) is 0.739. The van der Waals surface area contributed by atoms with Crippen LogP contribution in [0, 0.1) is 5.92 Å². The fourth-order valence-electron chi connectivity index (χ4n) is 1.80. The van der Waals surface area contributed by atoms with Crippen LogP contribution in [0.15, 0.2) is 30.0 Å². The minimum atomic E-state index is -1.70. The van der Waals surface area contributed by atoms with E-state index in [0.717, 1.165) is 6.54 Å². The maximum atomic E-state index is 12.2. The maximum Gasteiger partial charge on any atom is 0.354 e. The SMILES string of the molecule is CC(CCOC(=O)c1cccn1CC1CC1)=C(F)F. The monoisotopic (exact) mass is 269 g/mol. The van der Waals surface area contributed by atoms with Crippen LogP contribution in [0.5, 0.6) is 0 Å². The average molecular weight is 269 g/mol. The van der Waals surface area contributed by atoms with Gasteiger partial charge >= 0.3 is 5.97 Å². The first kappa shape index (κ1) is 13.8. The molecule has 1 saturated carbocycles. The molecule has 1 aromatic heterocycles. The van der Waals surface area contributed by atoms with E-state index in [9.17, 15) is 13.6 Å². The highest BCUT2D eigenvalue weighted by atomic mass is 19.3. The molecule has 2 rings (SSSR count). The Morgan fingerprint density at radius 1 is 1.47 bits per heavy atom. The van der Waals surface area contributed by atoms with Gasteiger partial charge in [-0.1, -0.05) is 0 Å². The number of rotatable bonds is 6. The van der Waals surface area contributed by atoms with Crippen molar-refractivity contribution in [1.29, 1.82) is 0 Å². The van der Waals surface area contributed by atoms with Crippen LogP contribution in [0.2, 0.25) is 0 Å². The van der Waals surface area contributed by atoms with Gasteiger partial charge in [0.2, 0.25) is 0 Å². The highest BCUT2D eigenvalue weighted by Gasteiger charge is 2.23. The highest BCUT2D eigenvalue weighted by molar-refractivity contribution is 5.87. The van der Waals surface area contributed by atoms with Crippen LogP contribution in [0.3, 0.4) is 0 Å². The van der Waals surface area contributed by atoms with Crippen LogP contribution in [0.4, 0.5) is 8.78 Å². The lowest BCUT2D eigenvalue weighted by molar-refractivity contribution is 0.0495. The predicted molar refractivity (Wildman–Crippen MR) is 67.0 cm³/mol. The van der Waals surface area contributed by atoms with Crippen molar-refractivity contribution in [2.24, 2.45) is 5.92 Å². The van der Waals surface area contributed by atoms with Gasteiger partial charge in [-0.15, -0.1) is 0 Å². The number of carbonyl (C=O) groups excluding carboxylic acids is 1. The third kappa shape index (κ3) is 3.91. The molecule has 1 aliphatic rings. The summed E-state index contributed by atoms with van der Waals surface area (Å²) in [7, 11) is 0. The summed E-state index contributed by atoms with van der Waals surface area (Å²) < 4.78 is 31.2. The van der Waals surface area contributed by atoms with Gasteiger partial charge in [-0.05, 0) is 43.4 Å². The topological polar surface area (TPSA) is 31.2 Å². The van der Waals surface area contributed by atoms with Crippen LogP contribution in [0.25, 0.3) is 0 Å². The molecular formula is C14H17F2NO2. The summed E-state index contributed by atoms with van der Waals surface area (Å²) in [6.07, 6.45) is 2.62. The summed E-state index contributed by atoms with van der Waals surface area (Å²) in [5.41, 5.74) is 0.454. The zero-order chi connectivity index (χ0) is 13.8. The van der Waals surface area contributed by atoms with Gasteiger partial charge in [0.25, 0.3) is 6.08 Å². The second kappa shape index (κ2) is 5.99.